The molecule has 10 heteroatoms. The first-order chi connectivity index (χ1) is 18.0. The Morgan fingerprint density at radius 2 is 1.62 bits per heavy atom. The molecular weight excluding hydrogens is 477 g/mol. The van der Waals surface area contributed by atoms with Crippen LogP contribution < -0.4 is 11.2 Å². The molecule has 1 saturated heterocycles. The summed E-state index contributed by atoms with van der Waals surface area (Å²) in [6.07, 6.45) is 0. The molecule has 1 unspecified atom stereocenters. The number of carbonyl (C=O) groups is 1. The molecule has 3 aliphatic rings. The third-order valence-corrected chi connectivity index (χ3v) is 6.72. The molecule has 2 aliphatic heterocycles. The molecule has 2 heterocycles. The van der Waals surface area contributed by atoms with E-state index >= 15 is 0 Å². The molecule has 0 spiro atoms. The average Bonchev–Trinajstić information content (AvgIpc) is 3.51. The molecule has 0 aromatic heterocycles. The van der Waals surface area contributed by atoms with E-state index in [-0.39, 0.29) is 36.1 Å². The van der Waals surface area contributed by atoms with Crippen LogP contribution in [0.25, 0.3) is 11.1 Å². The van der Waals surface area contributed by atoms with Crippen LogP contribution in [0.3, 0.4) is 0 Å². The van der Waals surface area contributed by atoms with E-state index in [2.05, 4.69) is 10.5 Å². The van der Waals surface area contributed by atoms with Gasteiger partial charge in [-0.2, -0.15) is 5.10 Å². The first-order valence-corrected chi connectivity index (χ1v) is 11.6. The highest BCUT2D eigenvalue weighted by atomic mass is 19.1. The Balaban J connectivity index is 1.44. The number of nitrogens with one attached hydrogen (secondary N) is 1. The Kier molecular flexibility index (Phi) is 5.22. The van der Waals surface area contributed by atoms with Crippen LogP contribution in [0, 0.1) is 15.9 Å². The lowest BCUT2D eigenvalue weighted by atomic mass is 9.85. The zero-order chi connectivity index (χ0) is 25.7. The maximum absolute atomic E-state index is 13.7. The van der Waals surface area contributed by atoms with Gasteiger partial charge in [-0.25, -0.2) is 9.82 Å². The van der Waals surface area contributed by atoms with E-state index in [0.717, 1.165) is 22.3 Å². The van der Waals surface area contributed by atoms with E-state index in [4.69, 9.17) is 10.5 Å². The fourth-order valence-electron chi connectivity index (χ4n) is 5.10. The molecule has 6 rings (SSSR count). The van der Waals surface area contributed by atoms with Crippen LogP contribution in [-0.2, 0) is 9.53 Å². The molecule has 1 amide bonds. The number of nitrogens with zero attached hydrogens (tertiary/aromatic N) is 3. The number of nitro groups is 1. The van der Waals surface area contributed by atoms with Gasteiger partial charge in [0.1, 0.15) is 24.2 Å². The van der Waals surface area contributed by atoms with Gasteiger partial charge >= 0.3 is 5.70 Å². The number of hydrogen-bond acceptors (Lipinski definition) is 7. The van der Waals surface area contributed by atoms with Crippen molar-refractivity contribution in [3.63, 3.8) is 0 Å². The highest BCUT2D eigenvalue weighted by Crippen LogP contribution is 2.43. The summed E-state index contributed by atoms with van der Waals surface area (Å²) < 4.78 is 19.2. The van der Waals surface area contributed by atoms with Gasteiger partial charge in [0.15, 0.2) is 0 Å². The molecule has 3 aromatic rings. The molecule has 0 radical (unpaired) electrons. The maximum atomic E-state index is 13.7. The van der Waals surface area contributed by atoms with Crippen LogP contribution in [0.5, 0.6) is 0 Å². The van der Waals surface area contributed by atoms with Crippen molar-refractivity contribution in [2.75, 3.05) is 13.2 Å². The van der Waals surface area contributed by atoms with Crippen LogP contribution in [0.1, 0.15) is 22.6 Å². The number of ether oxygens (including phenoxy) is 1. The number of rotatable bonds is 4. The van der Waals surface area contributed by atoms with Gasteiger partial charge in [0, 0.05) is 11.1 Å². The molecule has 1 aliphatic carbocycles. The molecule has 3 N–H and O–H groups in total. The molecule has 3 aromatic carbocycles. The zero-order valence-electron chi connectivity index (χ0n) is 19.3. The minimum atomic E-state index is -1.19. The van der Waals surface area contributed by atoms with Gasteiger partial charge in [-0.15, -0.1) is 0 Å². The number of carbonyl (C=O) groups excluding carboxylic acids is 1. The van der Waals surface area contributed by atoms with Crippen LogP contribution in [0.4, 0.5) is 4.39 Å². The Labute approximate surface area is 210 Å². The SMILES string of the molecule is NC1=C(C(=O)NN=C2c3ccccc3-c3ccccc32)C(c2ccc(F)cc2)C([N+](=O)[O-])=C2OCCN12. The largest absolute Gasteiger partial charge is 0.472 e. The molecule has 1 atom stereocenters. The zero-order valence-corrected chi connectivity index (χ0v) is 19.3. The fraction of sp³-hybridized carbons (Fsp3) is 0.111. The Morgan fingerprint density at radius 1 is 1.03 bits per heavy atom. The van der Waals surface area contributed by atoms with Crippen LogP contribution in [0.15, 0.2) is 101 Å². The summed E-state index contributed by atoms with van der Waals surface area (Å²) in [6, 6.07) is 20.6. The molecule has 1 fully saturated rings. The van der Waals surface area contributed by atoms with Crippen molar-refractivity contribution in [1.82, 2.24) is 10.3 Å². The normalized spacial score (nSPS) is 17.7. The van der Waals surface area contributed by atoms with Crippen molar-refractivity contribution in [3.05, 3.63) is 128 Å². The van der Waals surface area contributed by atoms with E-state index in [0.29, 0.717) is 11.3 Å². The predicted octanol–water partition coefficient (Wildman–Crippen LogP) is 3.42. The van der Waals surface area contributed by atoms with Crippen LogP contribution >= 0.6 is 0 Å². The molecule has 9 nitrogen and oxygen atoms in total. The summed E-state index contributed by atoms with van der Waals surface area (Å²) >= 11 is 0. The smallest absolute Gasteiger partial charge is 0.317 e. The fourth-order valence-corrected chi connectivity index (χ4v) is 5.10. The van der Waals surface area contributed by atoms with Gasteiger partial charge in [-0.05, 0) is 28.8 Å². The van der Waals surface area contributed by atoms with E-state index < -0.39 is 22.6 Å². The Bertz CT molecular complexity index is 1510. The van der Waals surface area contributed by atoms with E-state index in [1.54, 1.807) is 0 Å². The van der Waals surface area contributed by atoms with Gasteiger partial charge in [0.05, 0.1) is 22.8 Å². The highest BCUT2D eigenvalue weighted by Gasteiger charge is 2.48. The van der Waals surface area contributed by atoms with E-state index in [9.17, 15) is 19.3 Å². The summed E-state index contributed by atoms with van der Waals surface area (Å²) in [7, 11) is 0. The monoisotopic (exact) mass is 497 g/mol. The maximum Gasteiger partial charge on any atom is 0.317 e. The van der Waals surface area contributed by atoms with E-state index in [1.165, 1.54) is 29.2 Å². The Hall–Kier alpha value is -4.99. The number of benzene rings is 3. The third-order valence-electron chi connectivity index (χ3n) is 6.72. The average molecular weight is 497 g/mol. The summed E-state index contributed by atoms with van der Waals surface area (Å²) in [6.45, 7) is 0.426. The van der Waals surface area contributed by atoms with Gasteiger partial charge in [0.2, 0.25) is 0 Å². The van der Waals surface area contributed by atoms with Crippen molar-refractivity contribution in [2.45, 2.75) is 5.92 Å². The standard InChI is InChI=1S/C27H20FN5O4/c28-16-11-9-15(10-12-16)21-22(25(29)32-13-14-37-27(32)24(21)33(35)36)26(34)31-30-23-19-7-3-1-5-17(19)18-6-2-4-8-20(18)23/h1-12,21H,13-14,29H2,(H,31,34). The molecule has 37 heavy (non-hydrogen) atoms. The first-order valence-electron chi connectivity index (χ1n) is 11.6. The number of amides is 1. The lowest BCUT2D eigenvalue weighted by molar-refractivity contribution is -0.433. The lowest BCUT2D eigenvalue weighted by Crippen LogP contribution is -2.39. The van der Waals surface area contributed by atoms with Crippen molar-refractivity contribution in [1.29, 1.82) is 0 Å². The second-order valence-electron chi connectivity index (χ2n) is 8.72. The highest BCUT2D eigenvalue weighted by molar-refractivity contribution is 6.24. The van der Waals surface area contributed by atoms with E-state index in [1.807, 2.05) is 48.5 Å². The summed E-state index contributed by atoms with van der Waals surface area (Å²) in [4.78, 5) is 26.7. The summed E-state index contributed by atoms with van der Waals surface area (Å²) in [5, 5.41) is 16.7. The minimum Gasteiger partial charge on any atom is -0.472 e. The number of hydrogen-bond donors (Lipinski definition) is 2. The number of halogens is 1. The van der Waals surface area contributed by atoms with Crippen molar-refractivity contribution in [3.8, 4) is 11.1 Å². The summed E-state index contributed by atoms with van der Waals surface area (Å²) in [5.41, 5.74) is 13.2. The number of hydrazone groups is 1. The second kappa shape index (κ2) is 8.59. The van der Waals surface area contributed by atoms with Gasteiger partial charge in [-0.3, -0.25) is 19.8 Å². The van der Waals surface area contributed by atoms with Crippen molar-refractivity contribution in [2.24, 2.45) is 10.8 Å². The quantitative estimate of drug-likeness (QED) is 0.329. The van der Waals surface area contributed by atoms with Crippen molar-refractivity contribution >= 4 is 11.6 Å². The molecule has 0 bridgehead atoms. The predicted molar refractivity (Wildman–Crippen MR) is 133 cm³/mol. The Morgan fingerprint density at radius 3 is 2.22 bits per heavy atom. The number of nitrogens with two attached hydrogens (primary N) is 1. The van der Waals surface area contributed by atoms with Gasteiger partial charge in [-0.1, -0.05) is 60.7 Å². The molecule has 184 valence electrons. The number of fused-ring (bicyclic) bond motifs is 4. The third kappa shape index (κ3) is 3.53. The van der Waals surface area contributed by atoms with Crippen molar-refractivity contribution < 1.29 is 18.8 Å². The van der Waals surface area contributed by atoms with Gasteiger partial charge < -0.3 is 10.5 Å². The molecule has 0 saturated carbocycles. The van der Waals surface area contributed by atoms with Crippen LogP contribution in [-0.4, -0.2) is 34.6 Å². The molecular formula is C27H20FN5O4. The van der Waals surface area contributed by atoms with Gasteiger partial charge in [0.25, 0.3) is 11.8 Å². The first kappa shape index (κ1) is 22.5. The second-order valence-corrected chi connectivity index (χ2v) is 8.72. The lowest BCUT2D eigenvalue weighted by Gasteiger charge is -2.29. The number of allylic oxidation sites excluding steroid dienone is 1. The summed E-state index contributed by atoms with van der Waals surface area (Å²) in [5.74, 6) is -2.40. The van der Waals surface area contributed by atoms with Crippen LogP contribution in [0.2, 0.25) is 0 Å². The minimum absolute atomic E-state index is 0.0154. The topological polar surface area (TPSA) is 123 Å².